The second kappa shape index (κ2) is 9.06. The summed E-state index contributed by atoms with van der Waals surface area (Å²) in [6, 6.07) is 21.5. The molecule has 1 aromatic heterocycles. The molecular formula is C26H26N4O2. The highest BCUT2D eigenvalue weighted by atomic mass is 16.5. The molecule has 1 amide bonds. The van der Waals surface area contributed by atoms with Gasteiger partial charge in [-0.1, -0.05) is 41.5 Å². The number of hydrogen-bond donors (Lipinski definition) is 1. The molecule has 0 atom stereocenters. The molecule has 0 unspecified atom stereocenters. The molecule has 4 aromatic rings. The average Bonchev–Trinajstić information content (AvgIpc) is 3.22. The van der Waals surface area contributed by atoms with Crippen molar-refractivity contribution in [3.63, 3.8) is 0 Å². The molecule has 0 fully saturated rings. The van der Waals surface area contributed by atoms with Crippen LogP contribution in [0.1, 0.15) is 34.2 Å². The lowest BCUT2D eigenvalue weighted by Crippen LogP contribution is -2.15. The van der Waals surface area contributed by atoms with Gasteiger partial charge in [-0.3, -0.25) is 4.79 Å². The van der Waals surface area contributed by atoms with E-state index in [2.05, 4.69) is 15.4 Å². The fraction of sp³-hybridized carbons (Fsp3) is 0.192. The number of anilines is 1. The van der Waals surface area contributed by atoms with E-state index in [0.29, 0.717) is 12.4 Å². The normalized spacial score (nSPS) is 10.8. The third-order valence-corrected chi connectivity index (χ3v) is 5.11. The van der Waals surface area contributed by atoms with Crippen LogP contribution < -0.4 is 10.1 Å². The van der Waals surface area contributed by atoms with Gasteiger partial charge in [0.1, 0.15) is 5.75 Å². The molecule has 0 aliphatic heterocycles. The number of rotatable bonds is 6. The summed E-state index contributed by atoms with van der Waals surface area (Å²) in [4.78, 5) is 17.6. The van der Waals surface area contributed by atoms with E-state index in [9.17, 15) is 4.79 Å². The van der Waals surface area contributed by atoms with E-state index in [4.69, 9.17) is 4.74 Å². The van der Waals surface area contributed by atoms with Crippen LogP contribution in [0.15, 0.2) is 66.7 Å². The van der Waals surface area contributed by atoms with Crippen molar-refractivity contribution in [2.45, 2.75) is 27.7 Å². The lowest BCUT2D eigenvalue weighted by atomic mass is 10.1. The highest BCUT2D eigenvalue weighted by Crippen LogP contribution is 2.24. The third kappa shape index (κ3) is 4.54. The summed E-state index contributed by atoms with van der Waals surface area (Å²) in [6.07, 6.45) is 0. The molecule has 1 heterocycles. The van der Waals surface area contributed by atoms with Crippen LogP contribution in [0.2, 0.25) is 0 Å². The molecule has 1 N–H and O–H groups in total. The lowest BCUT2D eigenvalue weighted by molar-refractivity contribution is 0.101. The number of aryl methyl sites for hydroxylation is 3. The SMILES string of the molecule is CCOc1ccc(-n2nc(C(=O)Nc3ccc(C)cc3C)nc2-c2cccc(C)c2)cc1. The molecular weight excluding hydrogens is 400 g/mol. The van der Waals surface area contributed by atoms with Crippen LogP contribution in [0.5, 0.6) is 5.75 Å². The van der Waals surface area contributed by atoms with Gasteiger partial charge in [0.15, 0.2) is 5.82 Å². The molecule has 6 heteroatoms. The Labute approximate surface area is 187 Å². The zero-order valence-electron chi connectivity index (χ0n) is 18.7. The van der Waals surface area contributed by atoms with Crippen molar-refractivity contribution < 1.29 is 9.53 Å². The van der Waals surface area contributed by atoms with Gasteiger partial charge >= 0.3 is 0 Å². The van der Waals surface area contributed by atoms with Gasteiger partial charge in [0.2, 0.25) is 5.82 Å². The maximum atomic E-state index is 13.0. The first-order chi connectivity index (χ1) is 15.4. The Hall–Kier alpha value is -3.93. The van der Waals surface area contributed by atoms with Crippen LogP contribution in [0.3, 0.4) is 0 Å². The van der Waals surface area contributed by atoms with E-state index in [0.717, 1.165) is 39.4 Å². The second-order valence-corrected chi connectivity index (χ2v) is 7.74. The molecule has 32 heavy (non-hydrogen) atoms. The summed E-state index contributed by atoms with van der Waals surface area (Å²) in [5.41, 5.74) is 5.66. The first kappa shape index (κ1) is 21.3. The highest BCUT2D eigenvalue weighted by molar-refractivity contribution is 6.02. The van der Waals surface area contributed by atoms with E-state index >= 15 is 0 Å². The van der Waals surface area contributed by atoms with Crippen molar-refractivity contribution in [3.05, 3.63) is 89.2 Å². The molecule has 0 spiro atoms. The minimum Gasteiger partial charge on any atom is -0.494 e. The molecule has 0 saturated heterocycles. The van der Waals surface area contributed by atoms with Crippen LogP contribution >= 0.6 is 0 Å². The smallest absolute Gasteiger partial charge is 0.295 e. The number of hydrogen-bond acceptors (Lipinski definition) is 4. The Bertz CT molecular complexity index is 1260. The molecule has 6 nitrogen and oxygen atoms in total. The van der Waals surface area contributed by atoms with Gasteiger partial charge in [0.05, 0.1) is 12.3 Å². The van der Waals surface area contributed by atoms with Crippen LogP contribution in [-0.2, 0) is 0 Å². The number of carbonyl (C=O) groups is 1. The lowest BCUT2D eigenvalue weighted by Gasteiger charge is -2.08. The van der Waals surface area contributed by atoms with Gasteiger partial charge in [-0.15, -0.1) is 5.10 Å². The minimum atomic E-state index is -0.351. The predicted octanol–water partition coefficient (Wildman–Crippen LogP) is 5.51. The fourth-order valence-electron chi connectivity index (χ4n) is 3.54. The van der Waals surface area contributed by atoms with E-state index in [1.54, 1.807) is 4.68 Å². The average molecular weight is 427 g/mol. The van der Waals surface area contributed by atoms with Crippen molar-refractivity contribution in [1.29, 1.82) is 0 Å². The van der Waals surface area contributed by atoms with Gasteiger partial charge in [-0.05, 0) is 69.7 Å². The van der Waals surface area contributed by atoms with E-state index in [1.807, 2.05) is 94.4 Å². The number of nitrogens with zero attached hydrogens (tertiary/aromatic N) is 3. The van der Waals surface area contributed by atoms with Crippen molar-refractivity contribution in [2.75, 3.05) is 11.9 Å². The monoisotopic (exact) mass is 426 g/mol. The zero-order chi connectivity index (χ0) is 22.7. The van der Waals surface area contributed by atoms with Crippen molar-refractivity contribution in [3.8, 4) is 22.8 Å². The van der Waals surface area contributed by atoms with Gasteiger partial charge in [0.25, 0.3) is 5.91 Å². The summed E-state index contributed by atoms with van der Waals surface area (Å²) in [5.74, 6) is 1.14. The highest BCUT2D eigenvalue weighted by Gasteiger charge is 2.19. The second-order valence-electron chi connectivity index (χ2n) is 7.74. The Morgan fingerprint density at radius 2 is 1.72 bits per heavy atom. The molecule has 4 rings (SSSR count). The number of carbonyl (C=O) groups excluding carboxylic acids is 1. The van der Waals surface area contributed by atoms with E-state index in [1.165, 1.54) is 0 Å². The number of benzene rings is 3. The maximum Gasteiger partial charge on any atom is 0.295 e. The van der Waals surface area contributed by atoms with Crippen molar-refractivity contribution in [1.82, 2.24) is 14.8 Å². The number of nitrogens with one attached hydrogen (secondary N) is 1. The first-order valence-electron chi connectivity index (χ1n) is 10.6. The molecule has 0 saturated carbocycles. The Balaban J connectivity index is 1.74. The molecule has 0 radical (unpaired) electrons. The summed E-state index contributed by atoms with van der Waals surface area (Å²) in [6.45, 7) is 8.55. The summed E-state index contributed by atoms with van der Waals surface area (Å²) in [7, 11) is 0. The van der Waals surface area contributed by atoms with Crippen LogP contribution in [-0.4, -0.2) is 27.3 Å². The number of amides is 1. The number of aromatic nitrogens is 3. The summed E-state index contributed by atoms with van der Waals surface area (Å²) < 4.78 is 7.24. The minimum absolute atomic E-state index is 0.107. The quantitative estimate of drug-likeness (QED) is 0.441. The first-order valence-corrected chi connectivity index (χ1v) is 10.6. The van der Waals surface area contributed by atoms with Gasteiger partial charge < -0.3 is 10.1 Å². The zero-order valence-corrected chi connectivity index (χ0v) is 18.7. The van der Waals surface area contributed by atoms with Gasteiger partial charge in [-0.2, -0.15) is 0 Å². The topological polar surface area (TPSA) is 69.0 Å². The molecule has 0 aliphatic rings. The Kier molecular flexibility index (Phi) is 6.03. The van der Waals surface area contributed by atoms with Crippen LogP contribution in [0, 0.1) is 20.8 Å². The van der Waals surface area contributed by atoms with Crippen LogP contribution in [0.4, 0.5) is 5.69 Å². The molecule has 162 valence electrons. The van der Waals surface area contributed by atoms with Crippen molar-refractivity contribution >= 4 is 11.6 Å². The van der Waals surface area contributed by atoms with Gasteiger partial charge in [0, 0.05) is 11.3 Å². The summed E-state index contributed by atoms with van der Waals surface area (Å²) in [5, 5.41) is 7.50. The fourth-order valence-corrected chi connectivity index (χ4v) is 3.54. The third-order valence-electron chi connectivity index (χ3n) is 5.11. The molecule has 3 aromatic carbocycles. The van der Waals surface area contributed by atoms with Gasteiger partial charge in [-0.25, -0.2) is 9.67 Å². The van der Waals surface area contributed by atoms with E-state index < -0.39 is 0 Å². The van der Waals surface area contributed by atoms with Crippen molar-refractivity contribution in [2.24, 2.45) is 0 Å². The maximum absolute atomic E-state index is 13.0. The van der Waals surface area contributed by atoms with E-state index in [-0.39, 0.29) is 11.7 Å². The largest absolute Gasteiger partial charge is 0.494 e. The molecule has 0 bridgehead atoms. The summed E-state index contributed by atoms with van der Waals surface area (Å²) >= 11 is 0. The number of ether oxygens (including phenoxy) is 1. The predicted molar refractivity (Wildman–Crippen MR) is 127 cm³/mol. The molecule has 0 aliphatic carbocycles. The Morgan fingerprint density at radius 1 is 0.969 bits per heavy atom. The Morgan fingerprint density at radius 3 is 2.41 bits per heavy atom. The standard InChI is InChI=1S/C26H26N4O2/c1-5-32-22-12-10-21(11-13-22)30-25(20-8-6-7-17(2)16-20)28-24(29-30)26(31)27-23-14-9-18(3)15-19(23)4/h6-16H,5H2,1-4H3,(H,27,31). The van der Waals surface area contributed by atoms with Crippen LogP contribution in [0.25, 0.3) is 17.1 Å².